The molecule has 2 aromatic rings. The van der Waals surface area contributed by atoms with Gasteiger partial charge in [-0.05, 0) is 13.8 Å². The van der Waals surface area contributed by atoms with Crippen molar-refractivity contribution in [1.29, 1.82) is 0 Å². The van der Waals surface area contributed by atoms with Crippen LogP contribution in [0.5, 0.6) is 0 Å². The van der Waals surface area contributed by atoms with Crippen LogP contribution in [-0.2, 0) is 0 Å². The molecular formula is C8H8N6. The van der Waals surface area contributed by atoms with Gasteiger partial charge in [-0.2, -0.15) is 10.2 Å². The van der Waals surface area contributed by atoms with Crippen molar-refractivity contribution < 1.29 is 0 Å². The molecule has 0 aromatic carbocycles. The normalized spacial score (nSPS) is 10.1. The Labute approximate surface area is 80.5 Å². The molecule has 2 rings (SSSR count). The molecule has 2 heterocycles. The first kappa shape index (κ1) is 8.61. The molecule has 0 radical (unpaired) electrons. The SMILES string of the molecule is Cc1nncc(-c2cnnc(C)n2)n1. The van der Waals surface area contributed by atoms with Crippen molar-refractivity contribution in [3.8, 4) is 11.4 Å². The van der Waals surface area contributed by atoms with Gasteiger partial charge in [-0.15, -0.1) is 10.2 Å². The lowest BCUT2D eigenvalue weighted by atomic mass is 10.3. The predicted molar refractivity (Wildman–Crippen MR) is 48.1 cm³/mol. The lowest BCUT2D eigenvalue weighted by Crippen LogP contribution is -1.98. The molecular weight excluding hydrogens is 180 g/mol. The molecule has 14 heavy (non-hydrogen) atoms. The highest BCUT2D eigenvalue weighted by Gasteiger charge is 2.03. The first-order valence-corrected chi connectivity index (χ1v) is 4.09. The summed E-state index contributed by atoms with van der Waals surface area (Å²) < 4.78 is 0. The van der Waals surface area contributed by atoms with E-state index in [1.807, 2.05) is 0 Å². The molecule has 0 saturated carbocycles. The number of aryl methyl sites for hydroxylation is 2. The van der Waals surface area contributed by atoms with Crippen molar-refractivity contribution in [3.05, 3.63) is 24.0 Å². The van der Waals surface area contributed by atoms with Gasteiger partial charge >= 0.3 is 0 Å². The minimum absolute atomic E-state index is 0.610. The van der Waals surface area contributed by atoms with Crippen molar-refractivity contribution in [2.45, 2.75) is 13.8 Å². The molecule has 0 fully saturated rings. The Balaban J connectivity index is 2.49. The second-order valence-electron chi connectivity index (χ2n) is 2.78. The fourth-order valence-corrected chi connectivity index (χ4v) is 1.03. The summed E-state index contributed by atoms with van der Waals surface area (Å²) in [6.07, 6.45) is 3.10. The molecule has 2 aromatic heterocycles. The highest BCUT2D eigenvalue weighted by atomic mass is 15.2. The van der Waals surface area contributed by atoms with E-state index in [-0.39, 0.29) is 0 Å². The maximum atomic E-state index is 4.18. The van der Waals surface area contributed by atoms with Crippen molar-refractivity contribution in [3.63, 3.8) is 0 Å². The molecule has 0 saturated heterocycles. The molecule has 70 valence electrons. The van der Waals surface area contributed by atoms with Crippen LogP contribution in [0.2, 0.25) is 0 Å². The summed E-state index contributed by atoms with van der Waals surface area (Å²) in [7, 11) is 0. The first-order chi connectivity index (χ1) is 6.75. The molecule has 0 aliphatic heterocycles. The summed E-state index contributed by atoms with van der Waals surface area (Å²) in [4.78, 5) is 8.36. The Kier molecular flexibility index (Phi) is 2.10. The zero-order valence-electron chi connectivity index (χ0n) is 7.84. The molecule has 0 bridgehead atoms. The topological polar surface area (TPSA) is 77.3 Å². The van der Waals surface area contributed by atoms with Gasteiger partial charge in [0, 0.05) is 0 Å². The van der Waals surface area contributed by atoms with Crippen LogP contribution in [0.3, 0.4) is 0 Å². The van der Waals surface area contributed by atoms with Crippen molar-refractivity contribution in [1.82, 2.24) is 30.4 Å². The van der Waals surface area contributed by atoms with Gasteiger partial charge in [0.15, 0.2) is 0 Å². The molecule has 0 N–H and O–H groups in total. The summed E-state index contributed by atoms with van der Waals surface area (Å²) in [6, 6.07) is 0. The quantitative estimate of drug-likeness (QED) is 0.642. The van der Waals surface area contributed by atoms with Gasteiger partial charge in [-0.3, -0.25) is 0 Å². The van der Waals surface area contributed by atoms with Crippen LogP contribution in [0, 0.1) is 13.8 Å². The van der Waals surface area contributed by atoms with Gasteiger partial charge in [0.2, 0.25) is 0 Å². The molecule has 0 unspecified atom stereocenters. The van der Waals surface area contributed by atoms with Gasteiger partial charge < -0.3 is 0 Å². The van der Waals surface area contributed by atoms with Crippen molar-refractivity contribution >= 4 is 0 Å². The van der Waals surface area contributed by atoms with Crippen molar-refractivity contribution in [2.24, 2.45) is 0 Å². The lowest BCUT2D eigenvalue weighted by molar-refractivity contribution is 0.884. The van der Waals surface area contributed by atoms with Crippen LogP contribution >= 0.6 is 0 Å². The Morgan fingerprint density at radius 3 is 1.57 bits per heavy atom. The third kappa shape index (κ3) is 1.68. The largest absolute Gasteiger partial charge is 0.228 e. The van der Waals surface area contributed by atoms with Crippen LogP contribution in [0.1, 0.15) is 11.6 Å². The molecule has 0 aliphatic rings. The van der Waals surface area contributed by atoms with Crippen molar-refractivity contribution in [2.75, 3.05) is 0 Å². The van der Waals surface area contributed by atoms with E-state index in [1.165, 1.54) is 0 Å². The molecule has 0 atom stereocenters. The minimum Gasteiger partial charge on any atom is -0.228 e. The molecule has 0 amide bonds. The first-order valence-electron chi connectivity index (χ1n) is 4.09. The average molecular weight is 188 g/mol. The zero-order valence-corrected chi connectivity index (χ0v) is 7.84. The predicted octanol–water partition coefficient (Wildman–Crippen LogP) is 0.340. The minimum atomic E-state index is 0.610. The maximum absolute atomic E-state index is 4.18. The Morgan fingerprint density at radius 1 is 0.786 bits per heavy atom. The van der Waals surface area contributed by atoms with E-state index in [2.05, 4.69) is 30.4 Å². The Hall–Kier alpha value is -1.98. The van der Waals surface area contributed by atoms with Gasteiger partial charge in [0.05, 0.1) is 12.4 Å². The van der Waals surface area contributed by atoms with Gasteiger partial charge in [0.25, 0.3) is 0 Å². The van der Waals surface area contributed by atoms with Crippen LogP contribution in [0.4, 0.5) is 0 Å². The maximum Gasteiger partial charge on any atom is 0.148 e. The van der Waals surface area contributed by atoms with E-state index >= 15 is 0 Å². The standard InChI is InChI=1S/C8H8N6/c1-5-11-7(3-9-13-5)8-4-10-14-6(2)12-8/h3-4H,1-2H3. The van der Waals surface area contributed by atoms with Crippen LogP contribution in [0.25, 0.3) is 11.4 Å². The van der Waals surface area contributed by atoms with E-state index in [9.17, 15) is 0 Å². The summed E-state index contributed by atoms with van der Waals surface area (Å²) in [5.41, 5.74) is 1.33. The number of hydrogen-bond donors (Lipinski definition) is 0. The van der Waals surface area contributed by atoms with Gasteiger partial charge in [-0.25, -0.2) is 9.97 Å². The number of hydrogen-bond acceptors (Lipinski definition) is 6. The number of aromatic nitrogens is 6. The van der Waals surface area contributed by atoms with Gasteiger partial charge in [-0.1, -0.05) is 0 Å². The van der Waals surface area contributed by atoms with E-state index in [4.69, 9.17) is 0 Å². The van der Waals surface area contributed by atoms with E-state index in [0.717, 1.165) is 0 Å². The van der Waals surface area contributed by atoms with Crippen LogP contribution < -0.4 is 0 Å². The highest BCUT2D eigenvalue weighted by molar-refractivity contribution is 5.50. The summed E-state index contributed by atoms with van der Waals surface area (Å²) >= 11 is 0. The molecule has 0 spiro atoms. The third-order valence-electron chi connectivity index (χ3n) is 1.59. The van der Waals surface area contributed by atoms with Gasteiger partial charge in [0.1, 0.15) is 23.0 Å². The lowest BCUT2D eigenvalue weighted by Gasteiger charge is -1.98. The van der Waals surface area contributed by atoms with E-state index in [1.54, 1.807) is 26.2 Å². The molecule has 6 heteroatoms. The fourth-order valence-electron chi connectivity index (χ4n) is 1.03. The molecule has 0 aliphatic carbocycles. The highest BCUT2D eigenvalue weighted by Crippen LogP contribution is 2.09. The van der Waals surface area contributed by atoms with E-state index in [0.29, 0.717) is 23.0 Å². The number of rotatable bonds is 1. The second kappa shape index (κ2) is 3.41. The average Bonchev–Trinajstić information content (AvgIpc) is 2.18. The van der Waals surface area contributed by atoms with E-state index < -0.39 is 0 Å². The number of nitrogens with zero attached hydrogens (tertiary/aromatic N) is 6. The monoisotopic (exact) mass is 188 g/mol. The van der Waals surface area contributed by atoms with Crippen LogP contribution in [-0.4, -0.2) is 30.4 Å². The Bertz CT molecular complexity index is 412. The second-order valence-corrected chi connectivity index (χ2v) is 2.78. The fraction of sp³-hybridized carbons (Fsp3) is 0.250. The Morgan fingerprint density at radius 2 is 1.21 bits per heavy atom. The summed E-state index contributed by atoms with van der Waals surface area (Å²) in [6.45, 7) is 3.55. The van der Waals surface area contributed by atoms with Crippen LogP contribution in [0.15, 0.2) is 12.4 Å². The summed E-state index contributed by atoms with van der Waals surface area (Å²) in [5.74, 6) is 1.22. The smallest absolute Gasteiger partial charge is 0.148 e. The third-order valence-corrected chi connectivity index (χ3v) is 1.59. The molecule has 6 nitrogen and oxygen atoms in total. The summed E-state index contributed by atoms with van der Waals surface area (Å²) in [5, 5.41) is 15.1. The zero-order chi connectivity index (χ0) is 9.97.